The molecule has 0 saturated carbocycles. The number of nitrogens with zero attached hydrogens (tertiary/aromatic N) is 1. The Morgan fingerprint density at radius 1 is 0.955 bits per heavy atom. The van der Waals surface area contributed by atoms with E-state index >= 15 is 0 Å². The van der Waals surface area contributed by atoms with Gasteiger partial charge in [-0.3, -0.25) is 0 Å². The van der Waals surface area contributed by atoms with Gasteiger partial charge in [-0.15, -0.1) is 0 Å². The van der Waals surface area contributed by atoms with Crippen LogP contribution in [-0.4, -0.2) is 19.8 Å². The Morgan fingerprint density at radius 3 is 1.95 bits per heavy atom. The molecule has 22 heavy (non-hydrogen) atoms. The molecule has 2 aromatic carbocycles. The molecule has 4 heteroatoms. The minimum absolute atomic E-state index is 0.0266. The first-order chi connectivity index (χ1) is 10.4. The van der Waals surface area contributed by atoms with Gasteiger partial charge in [0.25, 0.3) is 0 Å². The summed E-state index contributed by atoms with van der Waals surface area (Å²) in [6.07, 6.45) is 0. The molecule has 2 atom stereocenters. The van der Waals surface area contributed by atoms with Crippen molar-refractivity contribution in [3.05, 3.63) is 71.8 Å². The van der Waals surface area contributed by atoms with Crippen molar-refractivity contribution in [3.63, 3.8) is 0 Å². The number of hydrogen-bond donors (Lipinski definition) is 0. The molecule has 0 N–H and O–H groups in total. The van der Waals surface area contributed by atoms with E-state index in [1.165, 1.54) is 4.31 Å². The van der Waals surface area contributed by atoms with Crippen molar-refractivity contribution in [1.82, 2.24) is 4.31 Å². The van der Waals surface area contributed by atoms with Gasteiger partial charge < -0.3 is 0 Å². The van der Waals surface area contributed by atoms with Crippen LogP contribution in [0.25, 0.3) is 0 Å². The average Bonchev–Trinajstić information content (AvgIpc) is 2.52. The maximum atomic E-state index is 13.0. The van der Waals surface area contributed by atoms with Crippen LogP contribution in [-0.2, 0) is 14.8 Å². The zero-order chi connectivity index (χ0) is 16.0. The highest BCUT2D eigenvalue weighted by molar-refractivity contribution is 7.91. The molecule has 0 aromatic heterocycles. The highest BCUT2D eigenvalue weighted by Gasteiger charge is 2.67. The van der Waals surface area contributed by atoms with E-state index in [2.05, 4.69) is 0 Å². The third-order valence-corrected chi connectivity index (χ3v) is 7.53. The third kappa shape index (κ3) is 1.80. The van der Waals surface area contributed by atoms with Gasteiger partial charge in [0.15, 0.2) is 0 Å². The molecular formula is C18H21NO2S. The molecule has 0 amide bonds. The van der Waals surface area contributed by atoms with Crippen molar-refractivity contribution < 1.29 is 8.42 Å². The Balaban J connectivity index is 2.26. The lowest BCUT2D eigenvalue weighted by Gasteiger charge is -2.57. The predicted octanol–water partition coefficient (Wildman–Crippen LogP) is 3.55. The van der Waals surface area contributed by atoms with E-state index in [0.717, 1.165) is 11.1 Å². The predicted molar refractivity (Wildman–Crippen MR) is 88.8 cm³/mol. The van der Waals surface area contributed by atoms with Crippen LogP contribution in [0.5, 0.6) is 0 Å². The topological polar surface area (TPSA) is 37.4 Å². The number of likely N-dealkylation sites (N-methyl/N-ethyl adjacent to an activating group) is 1. The Morgan fingerprint density at radius 2 is 1.45 bits per heavy atom. The summed E-state index contributed by atoms with van der Waals surface area (Å²) in [5.41, 5.74) is 1.91. The van der Waals surface area contributed by atoms with Gasteiger partial charge in [0, 0.05) is 7.05 Å². The van der Waals surface area contributed by atoms with Gasteiger partial charge >= 0.3 is 0 Å². The van der Waals surface area contributed by atoms with Gasteiger partial charge in [0.05, 0.1) is 6.04 Å². The molecule has 3 nitrogen and oxygen atoms in total. The monoisotopic (exact) mass is 315 g/mol. The summed E-state index contributed by atoms with van der Waals surface area (Å²) in [4.78, 5) is 0. The highest BCUT2D eigenvalue weighted by atomic mass is 32.2. The largest absolute Gasteiger partial charge is 0.226 e. The van der Waals surface area contributed by atoms with Crippen molar-refractivity contribution in [3.8, 4) is 0 Å². The smallest absolute Gasteiger partial charge is 0.211 e. The lowest BCUT2D eigenvalue weighted by molar-refractivity contribution is 0.165. The van der Waals surface area contributed by atoms with E-state index in [-0.39, 0.29) is 12.0 Å². The van der Waals surface area contributed by atoms with Gasteiger partial charge in [-0.05, 0) is 17.0 Å². The second-order valence-electron chi connectivity index (χ2n) is 6.15. The van der Waals surface area contributed by atoms with Crippen molar-refractivity contribution >= 4 is 10.0 Å². The SMILES string of the molecule is CC(C)[C@@]1(c2ccccc2)[C@H](c2ccccc2)N(C)S1(=O)=O. The summed E-state index contributed by atoms with van der Waals surface area (Å²) in [6, 6.07) is 19.3. The Hall–Kier alpha value is -1.65. The number of benzene rings is 2. The molecule has 2 aromatic rings. The van der Waals surface area contributed by atoms with Crippen molar-refractivity contribution in [2.45, 2.75) is 24.6 Å². The molecule has 1 fully saturated rings. The molecule has 3 rings (SSSR count). The van der Waals surface area contributed by atoms with Crippen LogP contribution in [0, 0.1) is 5.92 Å². The zero-order valence-electron chi connectivity index (χ0n) is 13.1. The molecule has 0 bridgehead atoms. The second-order valence-corrected chi connectivity index (χ2v) is 8.35. The summed E-state index contributed by atoms with van der Waals surface area (Å²) in [5, 5.41) is 0. The van der Waals surface area contributed by atoms with E-state index in [9.17, 15) is 8.42 Å². The maximum Gasteiger partial charge on any atom is 0.226 e. The second kappa shape index (κ2) is 5.21. The minimum Gasteiger partial charge on any atom is -0.211 e. The molecule has 0 radical (unpaired) electrons. The fraction of sp³-hybridized carbons (Fsp3) is 0.333. The Labute approximate surface area is 132 Å². The lowest BCUT2D eigenvalue weighted by atomic mass is 9.78. The van der Waals surface area contributed by atoms with Gasteiger partial charge in [0.1, 0.15) is 4.75 Å². The van der Waals surface area contributed by atoms with Crippen LogP contribution >= 0.6 is 0 Å². The molecule has 0 spiro atoms. The van der Waals surface area contributed by atoms with Gasteiger partial charge in [-0.25, -0.2) is 8.42 Å². The number of sulfonamides is 1. The van der Waals surface area contributed by atoms with E-state index in [0.29, 0.717) is 0 Å². The van der Waals surface area contributed by atoms with Gasteiger partial charge in [-0.2, -0.15) is 4.31 Å². The standard InChI is InChI=1S/C18H21NO2S/c1-14(2)18(16-12-8-5-9-13-16)17(19(3)22(18,20)21)15-10-6-4-7-11-15/h4-14,17H,1-3H3/t17-,18+/m0/s1. The molecule has 0 aliphatic carbocycles. The van der Waals surface area contributed by atoms with E-state index in [1.807, 2.05) is 74.5 Å². The van der Waals surface area contributed by atoms with Gasteiger partial charge in [0.2, 0.25) is 10.0 Å². The summed E-state index contributed by atoms with van der Waals surface area (Å²) in [5.74, 6) is -0.0266. The Kier molecular flexibility index (Phi) is 3.62. The van der Waals surface area contributed by atoms with Crippen LogP contribution in [0.4, 0.5) is 0 Å². The fourth-order valence-corrected chi connectivity index (χ4v) is 6.27. The minimum atomic E-state index is -3.38. The molecule has 0 unspecified atom stereocenters. The van der Waals surface area contributed by atoms with Crippen LogP contribution in [0.2, 0.25) is 0 Å². The molecule has 1 aliphatic heterocycles. The van der Waals surface area contributed by atoms with Crippen LogP contribution in [0.3, 0.4) is 0 Å². The van der Waals surface area contributed by atoms with E-state index in [1.54, 1.807) is 7.05 Å². The van der Waals surface area contributed by atoms with E-state index < -0.39 is 14.8 Å². The quantitative estimate of drug-likeness (QED) is 0.868. The average molecular weight is 315 g/mol. The summed E-state index contributed by atoms with van der Waals surface area (Å²) >= 11 is 0. The number of rotatable bonds is 3. The first-order valence-corrected chi connectivity index (χ1v) is 8.96. The summed E-state index contributed by atoms with van der Waals surface area (Å²) in [6.45, 7) is 3.99. The Bertz CT molecular complexity index is 756. The fourth-order valence-electron chi connectivity index (χ4n) is 3.78. The van der Waals surface area contributed by atoms with Crippen LogP contribution in [0.1, 0.15) is 31.0 Å². The molecule has 1 aliphatic rings. The normalized spacial score (nSPS) is 27.5. The zero-order valence-corrected chi connectivity index (χ0v) is 13.9. The van der Waals surface area contributed by atoms with Crippen molar-refractivity contribution in [2.75, 3.05) is 7.05 Å². The lowest BCUT2D eigenvalue weighted by Crippen LogP contribution is -2.66. The van der Waals surface area contributed by atoms with Crippen molar-refractivity contribution in [1.29, 1.82) is 0 Å². The molecule has 1 heterocycles. The third-order valence-electron chi connectivity index (χ3n) is 4.77. The highest BCUT2D eigenvalue weighted by Crippen LogP contribution is 2.59. The van der Waals surface area contributed by atoms with Gasteiger partial charge in [-0.1, -0.05) is 74.5 Å². The molecule has 116 valence electrons. The summed E-state index contributed by atoms with van der Waals surface area (Å²) in [7, 11) is -1.70. The maximum absolute atomic E-state index is 13.0. The first kappa shape index (κ1) is 15.3. The molecule has 1 saturated heterocycles. The van der Waals surface area contributed by atoms with Crippen LogP contribution in [0.15, 0.2) is 60.7 Å². The van der Waals surface area contributed by atoms with E-state index in [4.69, 9.17) is 0 Å². The summed E-state index contributed by atoms with van der Waals surface area (Å²) < 4.78 is 26.7. The van der Waals surface area contributed by atoms with Crippen LogP contribution < -0.4 is 0 Å². The number of hydrogen-bond acceptors (Lipinski definition) is 2. The van der Waals surface area contributed by atoms with Crippen molar-refractivity contribution in [2.24, 2.45) is 5.92 Å². The molecular weight excluding hydrogens is 294 g/mol. The first-order valence-electron chi connectivity index (χ1n) is 7.52.